The smallest absolute Gasteiger partial charge is 0.248 e. The lowest BCUT2D eigenvalue weighted by molar-refractivity contribution is -0.133. The van der Waals surface area contributed by atoms with Crippen LogP contribution in [-0.2, 0) is 17.8 Å². The van der Waals surface area contributed by atoms with Gasteiger partial charge in [-0.15, -0.1) is 0 Å². The van der Waals surface area contributed by atoms with Gasteiger partial charge in [-0.1, -0.05) is 55.4 Å². The van der Waals surface area contributed by atoms with Gasteiger partial charge in [0, 0.05) is 56.7 Å². The van der Waals surface area contributed by atoms with Gasteiger partial charge in [0.15, 0.2) is 0 Å². The second-order valence-corrected chi connectivity index (χ2v) is 9.01. The SMILES string of the molecule is CC(C)c1ccc(-c2noc(CCC(=O)N3CCN(Cc4ccc(C(N)=O)cc4)CC3)n2)cc1. The Balaban J connectivity index is 1.23. The maximum absolute atomic E-state index is 12.7. The van der Waals surface area contributed by atoms with Crippen LogP contribution >= 0.6 is 0 Å². The van der Waals surface area contributed by atoms with Crippen LogP contribution < -0.4 is 5.73 Å². The molecule has 4 rings (SSSR count). The molecule has 1 aliphatic heterocycles. The molecule has 0 radical (unpaired) electrons. The summed E-state index contributed by atoms with van der Waals surface area (Å²) < 4.78 is 5.37. The first kappa shape index (κ1) is 23.6. The summed E-state index contributed by atoms with van der Waals surface area (Å²) in [6.07, 6.45) is 0.783. The first-order chi connectivity index (χ1) is 16.4. The van der Waals surface area contributed by atoms with Crippen LogP contribution in [0.25, 0.3) is 11.4 Å². The minimum atomic E-state index is -0.421. The van der Waals surface area contributed by atoms with Crippen LogP contribution in [0.2, 0.25) is 0 Å². The number of nitrogens with two attached hydrogens (primary N) is 1. The molecule has 3 aromatic rings. The summed E-state index contributed by atoms with van der Waals surface area (Å²) in [6.45, 7) is 8.09. The minimum absolute atomic E-state index is 0.103. The van der Waals surface area contributed by atoms with Gasteiger partial charge in [0.05, 0.1) is 0 Å². The molecule has 2 N–H and O–H groups in total. The Bertz CT molecular complexity index is 1110. The standard InChI is InChI=1S/C26H31N5O3/c1-18(2)20-7-9-22(10-8-20)26-28-23(34-29-26)11-12-24(32)31-15-13-30(14-16-31)17-19-3-5-21(6-4-19)25(27)33/h3-10,18H,11-17H2,1-2H3,(H2,27,33). The van der Waals surface area contributed by atoms with Crippen molar-refractivity contribution >= 4 is 11.8 Å². The average Bonchev–Trinajstić information content (AvgIpc) is 3.32. The molecule has 1 aliphatic rings. The van der Waals surface area contributed by atoms with E-state index in [2.05, 4.69) is 41.0 Å². The van der Waals surface area contributed by atoms with E-state index in [0.29, 0.717) is 49.1 Å². The van der Waals surface area contributed by atoms with Gasteiger partial charge in [0.25, 0.3) is 0 Å². The molecule has 178 valence electrons. The van der Waals surface area contributed by atoms with E-state index in [9.17, 15) is 9.59 Å². The highest BCUT2D eigenvalue weighted by molar-refractivity contribution is 5.92. The van der Waals surface area contributed by atoms with Crippen LogP contribution in [0.3, 0.4) is 0 Å². The highest BCUT2D eigenvalue weighted by atomic mass is 16.5. The fraction of sp³-hybridized carbons (Fsp3) is 0.385. The van der Waals surface area contributed by atoms with Crippen molar-refractivity contribution in [2.45, 2.75) is 39.2 Å². The summed E-state index contributed by atoms with van der Waals surface area (Å²) in [6, 6.07) is 15.5. The first-order valence-corrected chi connectivity index (χ1v) is 11.7. The third-order valence-electron chi connectivity index (χ3n) is 6.23. The first-order valence-electron chi connectivity index (χ1n) is 11.7. The molecular weight excluding hydrogens is 430 g/mol. The van der Waals surface area contributed by atoms with E-state index in [0.717, 1.165) is 30.8 Å². The molecule has 8 nitrogen and oxygen atoms in total. The monoisotopic (exact) mass is 461 g/mol. The number of nitrogens with zero attached hydrogens (tertiary/aromatic N) is 4. The minimum Gasteiger partial charge on any atom is -0.366 e. The van der Waals surface area contributed by atoms with Crippen LogP contribution in [0.4, 0.5) is 0 Å². The molecule has 0 atom stereocenters. The molecule has 1 aromatic heterocycles. The van der Waals surface area contributed by atoms with Gasteiger partial charge in [-0.2, -0.15) is 4.98 Å². The van der Waals surface area contributed by atoms with Gasteiger partial charge in [-0.3, -0.25) is 14.5 Å². The highest BCUT2D eigenvalue weighted by Gasteiger charge is 2.22. The van der Waals surface area contributed by atoms with Gasteiger partial charge < -0.3 is 15.2 Å². The molecular formula is C26H31N5O3. The van der Waals surface area contributed by atoms with Crippen LogP contribution in [0.15, 0.2) is 53.1 Å². The van der Waals surface area contributed by atoms with E-state index in [-0.39, 0.29) is 5.91 Å². The molecule has 1 saturated heterocycles. The van der Waals surface area contributed by atoms with Crippen LogP contribution in [0.5, 0.6) is 0 Å². The average molecular weight is 462 g/mol. The van der Waals surface area contributed by atoms with Crippen molar-refractivity contribution in [3.8, 4) is 11.4 Å². The Kier molecular flexibility index (Phi) is 7.37. The Morgan fingerprint density at radius 2 is 1.68 bits per heavy atom. The van der Waals surface area contributed by atoms with Crippen molar-refractivity contribution in [3.05, 3.63) is 71.1 Å². The second-order valence-electron chi connectivity index (χ2n) is 9.01. The number of hydrogen-bond donors (Lipinski definition) is 1. The third-order valence-corrected chi connectivity index (χ3v) is 6.23. The number of carbonyl (C=O) groups excluding carboxylic acids is 2. The Labute approximate surface area is 199 Å². The quantitative estimate of drug-likeness (QED) is 0.552. The lowest BCUT2D eigenvalue weighted by atomic mass is 10.0. The topological polar surface area (TPSA) is 106 Å². The molecule has 0 unspecified atom stereocenters. The van der Waals surface area contributed by atoms with E-state index >= 15 is 0 Å². The predicted octanol–water partition coefficient (Wildman–Crippen LogP) is 3.24. The normalized spacial score (nSPS) is 14.5. The summed E-state index contributed by atoms with van der Waals surface area (Å²) in [4.78, 5) is 32.6. The number of primary amides is 1. The largest absolute Gasteiger partial charge is 0.366 e. The van der Waals surface area contributed by atoms with Gasteiger partial charge >= 0.3 is 0 Å². The van der Waals surface area contributed by atoms with Gasteiger partial charge in [0.2, 0.25) is 23.5 Å². The molecule has 2 amide bonds. The molecule has 2 heterocycles. The Morgan fingerprint density at radius 3 is 2.29 bits per heavy atom. The maximum atomic E-state index is 12.7. The molecule has 0 bridgehead atoms. The number of benzene rings is 2. The molecule has 2 aromatic carbocycles. The number of aryl methyl sites for hydroxylation is 1. The lowest BCUT2D eigenvalue weighted by Gasteiger charge is -2.34. The zero-order valence-corrected chi connectivity index (χ0v) is 19.7. The Morgan fingerprint density at radius 1 is 1.00 bits per heavy atom. The highest BCUT2D eigenvalue weighted by Crippen LogP contribution is 2.21. The van der Waals surface area contributed by atoms with Crippen molar-refractivity contribution in [1.29, 1.82) is 0 Å². The third kappa shape index (κ3) is 5.88. The Hall–Kier alpha value is -3.52. The van der Waals surface area contributed by atoms with Crippen molar-refractivity contribution in [1.82, 2.24) is 19.9 Å². The van der Waals surface area contributed by atoms with Crippen LogP contribution in [0, 0.1) is 0 Å². The maximum Gasteiger partial charge on any atom is 0.248 e. The van der Waals surface area contributed by atoms with E-state index in [1.54, 1.807) is 12.1 Å². The fourth-order valence-corrected chi connectivity index (χ4v) is 4.05. The second kappa shape index (κ2) is 10.6. The van der Waals surface area contributed by atoms with E-state index in [1.165, 1.54) is 5.56 Å². The molecule has 1 fully saturated rings. The summed E-state index contributed by atoms with van der Waals surface area (Å²) in [5.41, 5.74) is 9.10. The summed E-state index contributed by atoms with van der Waals surface area (Å²) in [7, 11) is 0. The van der Waals surface area contributed by atoms with Crippen molar-refractivity contribution in [2.24, 2.45) is 5.73 Å². The van der Waals surface area contributed by atoms with Crippen LogP contribution in [0.1, 0.15) is 53.6 Å². The van der Waals surface area contributed by atoms with Gasteiger partial charge in [-0.25, -0.2) is 0 Å². The lowest BCUT2D eigenvalue weighted by Crippen LogP contribution is -2.48. The van der Waals surface area contributed by atoms with Gasteiger partial charge in [-0.05, 0) is 29.2 Å². The van der Waals surface area contributed by atoms with Gasteiger partial charge in [0.1, 0.15) is 0 Å². The van der Waals surface area contributed by atoms with Crippen molar-refractivity contribution < 1.29 is 14.1 Å². The molecule has 34 heavy (non-hydrogen) atoms. The van der Waals surface area contributed by atoms with E-state index in [4.69, 9.17) is 10.3 Å². The molecule has 0 spiro atoms. The number of piperazine rings is 1. The summed E-state index contributed by atoms with van der Waals surface area (Å²) in [5, 5.41) is 4.07. The fourth-order valence-electron chi connectivity index (χ4n) is 4.05. The number of carbonyl (C=O) groups is 2. The van der Waals surface area contributed by atoms with E-state index in [1.807, 2.05) is 29.2 Å². The van der Waals surface area contributed by atoms with E-state index < -0.39 is 5.91 Å². The predicted molar refractivity (Wildman–Crippen MR) is 129 cm³/mol. The molecule has 0 saturated carbocycles. The number of amides is 2. The summed E-state index contributed by atoms with van der Waals surface area (Å²) in [5.74, 6) is 1.18. The van der Waals surface area contributed by atoms with Crippen LogP contribution in [-0.4, -0.2) is 57.9 Å². The molecule has 0 aliphatic carbocycles. The molecule has 8 heteroatoms. The summed E-state index contributed by atoms with van der Waals surface area (Å²) >= 11 is 0. The van der Waals surface area contributed by atoms with Crippen molar-refractivity contribution in [3.63, 3.8) is 0 Å². The zero-order valence-electron chi connectivity index (χ0n) is 19.7. The van der Waals surface area contributed by atoms with Crippen molar-refractivity contribution in [2.75, 3.05) is 26.2 Å². The number of rotatable bonds is 8. The number of hydrogen-bond acceptors (Lipinski definition) is 6. The number of aromatic nitrogens is 2. The zero-order chi connectivity index (χ0) is 24.1.